The molecule has 1 atom stereocenters. The highest BCUT2D eigenvalue weighted by Crippen LogP contribution is 2.32. The van der Waals surface area contributed by atoms with Crippen LogP contribution in [0.3, 0.4) is 0 Å². The molecule has 1 N–H and O–H groups in total. The molecule has 2 heterocycles. The van der Waals surface area contributed by atoms with E-state index in [0.29, 0.717) is 5.75 Å². The van der Waals surface area contributed by atoms with Crippen LogP contribution in [-0.2, 0) is 11.2 Å². The lowest BCUT2D eigenvalue weighted by Gasteiger charge is -2.15. The molecule has 2 aromatic carbocycles. The SMILES string of the molecule is Cc1ccccc1-n1ncc([C@@H](C)NC(=O)Cc2ccc3c(c2)OCO3)c1C. The highest BCUT2D eigenvalue weighted by atomic mass is 16.7. The molecule has 0 saturated heterocycles. The average Bonchev–Trinajstić information content (AvgIpc) is 3.28. The molecular formula is C22H23N3O3. The van der Waals surface area contributed by atoms with Crippen molar-refractivity contribution in [2.24, 2.45) is 0 Å². The number of ether oxygens (including phenoxy) is 2. The van der Waals surface area contributed by atoms with E-state index in [0.717, 1.165) is 33.8 Å². The van der Waals surface area contributed by atoms with Crippen LogP contribution in [0.2, 0.25) is 0 Å². The zero-order valence-electron chi connectivity index (χ0n) is 16.2. The fraction of sp³-hybridized carbons (Fsp3) is 0.273. The number of aromatic nitrogens is 2. The van der Waals surface area contributed by atoms with Crippen molar-refractivity contribution in [2.75, 3.05) is 6.79 Å². The zero-order chi connectivity index (χ0) is 19.7. The summed E-state index contributed by atoms with van der Waals surface area (Å²) in [5.41, 5.74) is 5.11. The number of carbonyl (C=O) groups is 1. The van der Waals surface area contributed by atoms with E-state index >= 15 is 0 Å². The van der Waals surface area contributed by atoms with E-state index < -0.39 is 0 Å². The summed E-state index contributed by atoms with van der Waals surface area (Å²) < 4.78 is 12.6. The number of rotatable bonds is 5. The zero-order valence-corrected chi connectivity index (χ0v) is 16.2. The second-order valence-electron chi connectivity index (χ2n) is 7.04. The lowest BCUT2D eigenvalue weighted by atomic mass is 10.1. The maximum Gasteiger partial charge on any atom is 0.231 e. The van der Waals surface area contributed by atoms with Crippen molar-refractivity contribution in [1.82, 2.24) is 15.1 Å². The molecule has 6 heteroatoms. The van der Waals surface area contributed by atoms with Crippen molar-refractivity contribution >= 4 is 5.91 Å². The van der Waals surface area contributed by atoms with Gasteiger partial charge in [-0.25, -0.2) is 4.68 Å². The van der Waals surface area contributed by atoms with E-state index in [2.05, 4.69) is 23.4 Å². The third-order valence-electron chi connectivity index (χ3n) is 5.04. The van der Waals surface area contributed by atoms with Crippen LogP contribution in [0, 0.1) is 13.8 Å². The number of nitrogens with one attached hydrogen (secondary N) is 1. The summed E-state index contributed by atoms with van der Waals surface area (Å²) in [6, 6.07) is 13.6. The summed E-state index contributed by atoms with van der Waals surface area (Å²) in [5.74, 6) is 1.36. The van der Waals surface area contributed by atoms with Gasteiger partial charge in [-0.3, -0.25) is 4.79 Å². The van der Waals surface area contributed by atoms with E-state index in [1.165, 1.54) is 0 Å². The van der Waals surface area contributed by atoms with Gasteiger partial charge in [-0.15, -0.1) is 0 Å². The Morgan fingerprint density at radius 1 is 1.18 bits per heavy atom. The molecule has 0 saturated carbocycles. The normalized spacial score (nSPS) is 13.4. The number of benzene rings is 2. The molecule has 1 aliphatic rings. The van der Waals surface area contributed by atoms with Crippen molar-refractivity contribution in [2.45, 2.75) is 33.2 Å². The highest BCUT2D eigenvalue weighted by Gasteiger charge is 2.18. The van der Waals surface area contributed by atoms with Crippen LogP contribution in [-0.4, -0.2) is 22.5 Å². The first kappa shape index (κ1) is 18.1. The molecule has 0 unspecified atom stereocenters. The minimum absolute atomic E-state index is 0.0468. The molecular weight excluding hydrogens is 354 g/mol. The van der Waals surface area contributed by atoms with Crippen LogP contribution in [0.15, 0.2) is 48.7 Å². The third-order valence-corrected chi connectivity index (χ3v) is 5.04. The Balaban J connectivity index is 1.46. The van der Waals surface area contributed by atoms with Crippen LogP contribution >= 0.6 is 0 Å². The number of fused-ring (bicyclic) bond motifs is 1. The van der Waals surface area contributed by atoms with E-state index in [1.54, 1.807) is 0 Å². The Labute approximate surface area is 164 Å². The summed E-state index contributed by atoms with van der Waals surface area (Å²) in [5, 5.41) is 7.60. The number of para-hydroxylation sites is 1. The first-order chi connectivity index (χ1) is 13.5. The predicted octanol–water partition coefficient (Wildman–Crippen LogP) is 3.64. The minimum Gasteiger partial charge on any atom is -0.454 e. The molecule has 28 heavy (non-hydrogen) atoms. The molecule has 1 aromatic heterocycles. The molecule has 4 rings (SSSR count). The molecule has 144 valence electrons. The number of carbonyl (C=O) groups excluding carboxylic acids is 1. The Morgan fingerprint density at radius 3 is 2.79 bits per heavy atom. The quantitative estimate of drug-likeness (QED) is 0.737. The van der Waals surface area contributed by atoms with Gasteiger partial charge in [0.05, 0.1) is 24.3 Å². The highest BCUT2D eigenvalue weighted by molar-refractivity contribution is 5.79. The Kier molecular flexibility index (Phi) is 4.77. The van der Waals surface area contributed by atoms with E-state index in [4.69, 9.17) is 9.47 Å². The molecule has 6 nitrogen and oxygen atoms in total. The van der Waals surface area contributed by atoms with Crippen LogP contribution in [0.5, 0.6) is 11.5 Å². The van der Waals surface area contributed by atoms with Crippen LogP contribution in [0.1, 0.15) is 35.3 Å². The Morgan fingerprint density at radius 2 is 1.96 bits per heavy atom. The maximum atomic E-state index is 12.5. The smallest absolute Gasteiger partial charge is 0.231 e. The minimum atomic E-state index is -0.140. The first-order valence-electron chi connectivity index (χ1n) is 9.31. The van der Waals surface area contributed by atoms with Gasteiger partial charge >= 0.3 is 0 Å². The molecule has 0 radical (unpaired) electrons. The van der Waals surface area contributed by atoms with Gasteiger partial charge < -0.3 is 14.8 Å². The van der Waals surface area contributed by atoms with Crippen molar-refractivity contribution in [3.8, 4) is 17.2 Å². The van der Waals surface area contributed by atoms with Crippen molar-refractivity contribution in [3.05, 3.63) is 71.0 Å². The molecule has 0 bridgehead atoms. The number of hydrogen-bond acceptors (Lipinski definition) is 4. The lowest BCUT2D eigenvalue weighted by molar-refractivity contribution is -0.121. The van der Waals surface area contributed by atoms with E-state index in [9.17, 15) is 4.79 Å². The third kappa shape index (κ3) is 3.45. The topological polar surface area (TPSA) is 65.4 Å². The van der Waals surface area contributed by atoms with Crippen LogP contribution < -0.4 is 14.8 Å². The van der Waals surface area contributed by atoms with Gasteiger partial charge in [0.15, 0.2) is 11.5 Å². The maximum absolute atomic E-state index is 12.5. The van der Waals surface area contributed by atoms with Crippen molar-refractivity contribution in [3.63, 3.8) is 0 Å². The summed E-state index contributed by atoms with van der Waals surface area (Å²) in [6.45, 7) is 6.29. The first-order valence-corrected chi connectivity index (χ1v) is 9.31. The van der Waals surface area contributed by atoms with Crippen molar-refractivity contribution in [1.29, 1.82) is 0 Å². The monoisotopic (exact) mass is 377 g/mol. The van der Waals surface area contributed by atoms with Gasteiger partial charge in [0.25, 0.3) is 0 Å². The van der Waals surface area contributed by atoms with E-state index in [1.807, 2.05) is 61.1 Å². The standard InChI is InChI=1S/C22H23N3O3/c1-14-6-4-5-7-19(14)25-16(3)18(12-23-25)15(2)24-22(26)11-17-8-9-20-21(10-17)28-13-27-20/h4-10,12,15H,11,13H2,1-3H3,(H,24,26)/t15-/m1/s1. The Bertz CT molecular complexity index is 1030. The van der Waals surface area contributed by atoms with Gasteiger partial charge in [0.1, 0.15) is 0 Å². The summed E-state index contributed by atoms with van der Waals surface area (Å²) in [6.07, 6.45) is 2.11. The number of amides is 1. The number of nitrogens with zero attached hydrogens (tertiary/aromatic N) is 2. The predicted molar refractivity (Wildman–Crippen MR) is 106 cm³/mol. The lowest BCUT2D eigenvalue weighted by Crippen LogP contribution is -2.28. The van der Waals surface area contributed by atoms with Gasteiger partial charge in [0.2, 0.25) is 12.7 Å². The van der Waals surface area contributed by atoms with Crippen LogP contribution in [0.4, 0.5) is 0 Å². The molecule has 1 amide bonds. The van der Waals surface area contributed by atoms with Gasteiger partial charge in [-0.05, 0) is 50.1 Å². The van der Waals surface area contributed by atoms with Crippen LogP contribution in [0.25, 0.3) is 5.69 Å². The van der Waals surface area contributed by atoms with Gasteiger partial charge in [-0.2, -0.15) is 5.10 Å². The second kappa shape index (κ2) is 7.38. The summed E-state index contributed by atoms with van der Waals surface area (Å²) in [7, 11) is 0. The molecule has 0 spiro atoms. The molecule has 0 aliphatic carbocycles. The Hall–Kier alpha value is -3.28. The molecule has 3 aromatic rings. The van der Waals surface area contributed by atoms with Gasteiger partial charge in [0, 0.05) is 11.3 Å². The fourth-order valence-corrected chi connectivity index (χ4v) is 3.50. The number of hydrogen-bond donors (Lipinski definition) is 1. The summed E-state index contributed by atoms with van der Waals surface area (Å²) >= 11 is 0. The number of aryl methyl sites for hydroxylation is 1. The molecule has 0 fully saturated rings. The van der Waals surface area contributed by atoms with Crippen molar-refractivity contribution < 1.29 is 14.3 Å². The van der Waals surface area contributed by atoms with E-state index in [-0.39, 0.29) is 25.2 Å². The largest absolute Gasteiger partial charge is 0.454 e. The van der Waals surface area contributed by atoms with Gasteiger partial charge in [-0.1, -0.05) is 24.3 Å². The second-order valence-corrected chi connectivity index (χ2v) is 7.04. The summed E-state index contributed by atoms with van der Waals surface area (Å²) in [4.78, 5) is 12.5. The fourth-order valence-electron chi connectivity index (χ4n) is 3.50. The average molecular weight is 377 g/mol. The molecule has 1 aliphatic heterocycles.